The number of para-hydroxylation sites is 1. The third-order valence-corrected chi connectivity index (χ3v) is 8.19. The molecule has 1 atom stereocenters. The summed E-state index contributed by atoms with van der Waals surface area (Å²) in [5.41, 5.74) is 3.04. The summed E-state index contributed by atoms with van der Waals surface area (Å²) in [6, 6.07) is 16.9. The van der Waals surface area contributed by atoms with E-state index in [0.717, 1.165) is 66.5 Å². The lowest BCUT2D eigenvalue weighted by molar-refractivity contribution is 0.0953. The fourth-order valence-corrected chi connectivity index (χ4v) is 6.47. The van der Waals surface area contributed by atoms with Crippen molar-refractivity contribution in [1.29, 1.82) is 0 Å². The second kappa shape index (κ2) is 9.02. The van der Waals surface area contributed by atoms with Crippen molar-refractivity contribution in [3.8, 4) is 0 Å². The summed E-state index contributed by atoms with van der Waals surface area (Å²) in [6.07, 6.45) is 5.00. The molecule has 0 radical (unpaired) electrons. The van der Waals surface area contributed by atoms with Gasteiger partial charge in [0.05, 0.1) is 0 Å². The van der Waals surface area contributed by atoms with Crippen LogP contribution in [0.3, 0.4) is 0 Å². The fraction of sp³-hybridized carbons (Fsp3) is 0.276. The molecule has 4 nitrogen and oxygen atoms in total. The van der Waals surface area contributed by atoms with E-state index in [1.165, 1.54) is 6.07 Å². The number of anilines is 1. The molecule has 3 aromatic carbocycles. The number of H-pyrrole nitrogens is 1. The first kappa shape index (κ1) is 23.2. The number of aromatic nitrogens is 1. The largest absolute Gasteiger partial charge is 0.361 e. The van der Waals surface area contributed by atoms with Crippen molar-refractivity contribution < 1.29 is 13.6 Å². The van der Waals surface area contributed by atoms with Crippen molar-refractivity contribution in [2.24, 2.45) is 0 Å². The number of aromatic amines is 1. The van der Waals surface area contributed by atoms with E-state index in [-0.39, 0.29) is 11.5 Å². The van der Waals surface area contributed by atoms with Crippen molar-refractivity contribution in [1.82, 2.24) is 10.3 Å². The molecule has 2 aliphatic rings. The molecule has 1 aromatic heterocycles. The average molecular weight is 506 g/mol. The zero-order valence-electron chi connectivity index (χ0n) is 19.7. The number of carbonyl (C=O) groups is 1. The van der Waals surface area contributed by atoms with Gasteiger partial charge in [-0.2, -0.15) is 0 Å². The molecule has 2 aliphatic heterocycles. The first-order chi connectivity index (χ1) is 17.5. The monoisotopic (exact) mass is 505 g/mol. The summed E-state index contributed by atoms with van der Waals surface area (Å²) in [5, 5.41) is 5.17. The summed E-state index contributed by atoms with van der Waals surface area (Å²) in [7, 11) is 0. The van der Waals surface area contributed by atoms with E-state index in [9.17, 15) is 13.6 Å². The molecule has 7 heteroatoms. The Hall–Kier alpha value is -3.22. The molecule has 184 valence electrons. The van der Waals surface area contributed by atoms with Crippen LogP contribution in [0.1, 0.15) is 40.7 Å². The minimum Gasteiger partial charge on any atom is -0.361 e. The van der Waals surface area contributed by atoms with Crippen LogP contribution in [0, 0.1) is 11.6 Å². The maximum atomic E-state index is 14.8. The Kier molecular flexibility index (Phi) is 5.81. The molecule has 36 heavy (non-hydrogen) atoms. The van der Waals surface area contributed by atoms with Crippen LogP contribution in [0.25, 0.3) is 10.9 Å². The maximum absolute atomic E-state index is 14.8. The number of fused-ring (bicyclic) bond motifs is 3. The number of benzene rings is 3. The molecule has 4 aromatic rings. The highest BCUT2D eigenvalue weighted by Crippen LogP contribution is 2.53. The molecular formula is C29H26ClF2N3O. The van der Waals surface area contributed by atoms with E-state index in [2.05, 4.69) is 16.4 Å². The Labute approximate surface area is 213 Å². The van der Waals surface area contributed by atoms with Gasteiger partial charge in [0.1, 0.15) is 17.2 Å². The molecule has 2 N–H and O–H groups in total. The third-order valence-electron chi connectivity index (χ3n) is 7.96. The lowest BCUT2D eigenvalue weighted by Crippen LogP contribution is -2.52. The molecule has 1 saturated heterocycles. The number of nitrogens with one attached hydrogen (secondary N) is 2. The van der Waals surface area contributed by atoms with Crippen LogP contribution in [0.5, 0.6) is 0 Å². The Morgan fingerprint density at radius 3 is 2.56 bits per heavy atom. The van der Waals surface area contributed by atoms with Gasteiger partial charge in [0.15, 0.2) is 0 Å². The fourth-order valence-electron chi connectivity index (χ4n) is 6.30. The molecule has 1 spiro atoms. The highest BCUT2D eigenvalue weighted by molar-refractivity contribution is 6.30. The number of hydrogen-bond acceptors (Lipinski definition) is 2. The summed E-state index contributed by atoms with van der Waals surface area (Å²) in [6.45, 7) is 1.59. The van der Waals surface area contributed by atoms with Crippen LogP contribution < -0.4 is 10.2 Å². The molecule has 6 rings (SSSR count). The van der Waals surface area contributed by atoms with Crippen LogP contribution in [-0.2, 0) is 11.8 Å². The maximum Gasteiger partial charge on any atom is 0.264 e. The van der Waals surface area contributed by atoms with Gasteiger partial charge in [0.2, 0.25) is 0 Å². The number of amides is 1. The zero-order valence-corrected chi connectivity index (χ0v) is 20.4. The first-order valence-electron chi connectivity index (χ1n) is 12.3. The normalized spacial score (nSPS) is 18.6. The third kappa shape index (κ3) is 3.62. The zero-order chi connectivity index (χ0) is 24.9. The molecule has 3 heterocycles. The van der Waals surface area contributed by atoms with Gasteiger partial charge in [-0.05, 0) is 86.3 Å². The Morgan fingerprint density at radius 2 is 1.78 bits per heavy atom. The smallest absolute Gasteiger partial charge is 0.264 e. The predicted molar refractivity (Wildman–Crippen MR) is 139 cm³/mol. The molecule has 0 unspecified atom stereocenters. The van der Waals surface area contributed by atoms with Gasteiger partial charge in [-0.1, -0.05) is 35.9 Å². The Balaban J connectivity index is 1.47. The second-order valence-corrected chi connectivity index (χ2v) is 10.2. The molecule has 0 saturated carbocycles. The van der Waals surface area contributed by atoms with Gasteiger partial charge in [-0.15, -0.1) is 0 Å². The molecule has 1 amide bonds. The van der Waals surface area contributed by atoms with Gasteiger partial charge < -0.3 is 15.2 Å². The highest BCUT2D eigenvalue weighted by atomic mass is 35.5. The predicted octanol–water partition coefficient (Wildman–Crippen LogP) is 6.38. The lowest BCUT2D eigenvalue weighted by atomic mass is 9.68. The number of nitrogens with zero attached hydrogens (tertiary/aromatic N) is 1. The van der Waals surface area contributed by atoms with Crippen LogP contribution >= 0.6 is 11.6 Å². The molecule has 0 aliphatic carbocycles. The van der Waals surface area contributed by atoms with Gasteiger partial charge >= 0.3 is 0 Å². The van der Waals surface area contributed by atoms with Crippen LogP contribution in [0.15, 0.2) is 66.9 Å². The van der Waals surface area contributed by atoms with Gasteiger partial charge in [0.25, 0.3) is 5.91 Å². The minimum absolute atomic E-state index is 0.270. The standard InChI is InChI=1S/C29H26ClF2N3O/c30-19-9-10-25-21(16-19)29(12-14-33-15-13-29)26(11-8-18-17-34-24-7-2-1-4-20(18)24)35(25)28(36)27-22(31)5-3-6-23(27)32/h1-7,9-10,16-17,26,33-34H,8,11-15H2/t26-/m1/s1. The van der Waals surface area contributed by atoms with E-state index in [1.54, 1.807) is 11.0 Å². The Bertz CT molecular complexity index is 1440. The number of halogens is 3. The number of rotatable bonds is 4. The van der Waals surface area contributed by atoms with E-state index < -0.39 is 23.1 Å². The van der Waals surface area contributed by atoms with Crippen LogP contribution in [-0.4, -0.2) is 30.0 Å². The van der Waals surface area contributed by atoms with Crippen molar-refractivity contribution in [2.75, 3.05) is 18.0 Å². The van der Waals surface area contributed by atoms with Crippen molar-refractivity contribution >= 4 is 34.1 Å². The highest BCUT2D eigenvalue weighted by Gasteiger charge is 2.53. The van der Waals surface area contributed by atoms with Crippen molar-refractivity contribution in [2.45, 2.75) is 37.1 Å². The van der Waals surface area contributed by atoms with Gasteiger partial charge in [-0.3, -0.25) is 4.79 Å². The molecule has 1 fully saturated rings. The number of hydrogen-bond donors (Lipinski definition) is 2. The average Bonchev–Trinajstić information content (AvgIpc) is 3.40. The quantitative estimate of drug-likeness (QED) is 0.338. The van der Waals surface area contributed by atoms with Crippen LogP contribution in [0.4, 0.5) is 14.5 Å². The second-order valence-electron chi connectivity index (χ2n) is 9.75. The van der Waals surface area contributed by atoms with Crippen LogP contribution in [0.2, 0.25) is 5.02 Å². The summed E-state index contributed by atoms with van der Waals surface area (Å²) < 4.78 is 29.6. The van der Waals surface area contributed by atoms with E-state index >= 15 is 0 Å². The number of carbonyl (C=O) groups excluding carboxylic acids is 1. The Morgan fingerprint density at radius 1 is 1.03 bits per heavy atom. The van der Waals surface area contributed by atoms with Crippen molar-refractivity contribution in [3.63, 3.8) is 0 Å². The minimum atomic E-state index is -0.850. The molecule has 0 bridgehead atoms. The van der Waals surface area contributed by atoms with Gasteiger partial charge in [-0.25, -0.2) is 8.78 Å². The van der Waals surface area contributed by atoms with E-state index in [0.29, 0.717) is 17.1 Å². The summed E-state index contributed by atoms with van der Waals surface area (Å²) in [5.74, 6) is -2.34. The summed E-state index contributed by atoms with van der Waals surface area (Å²) >= 11 is 6.45. The topological polar surface area (TPSA) is 48.1 Å². The van der Waals surface area contributed by atoms with E-state index in [1.807, 2.05) is 36.5 Å². The van der Waals surface area contributed by atoms with Crippen molar-refractivity contribution in [3.05, 3.63) is 100 Å². The molecular weight excluding hydrogens is 480 g/mol. The van der Waals surface area contributed by atoms with Gasteiger partial charge in [0, 0.05) is 39.3 Å². The number of aryl methyl sites for hydroxylation is 1. The lowest BCUT2D eigenvalue weighted by Gasteiger charge is -2.42. The SMILES string of the molecule is O=C(c1c(F)cccc1F)N1c2ccc(Cl)cc2C2(CCNCC2)[C@H]1CCc1c[nH]c2ccccc12. The first-order valence-corrected chi connectivity index (χ1v) is 12.7. The van der Waals surface area contributed by atoms with E-state index in [4.69, 9.17) is 11.6 Å². The summed E-state index contributed by atoms with van der Waals surface area (Å²) in [4.78, 5) is 18.9. The number of piperidine rings is 1.